The van der Waals surface area contributed by atoms with Gasteiger partial charge < -0.3 is 15.1 Å². The molecule has 2 amide bonds. The van der Waals surface area contributed by atoms with Crippen molar-refractivity contribution in [2.75, 3.05) is 31.5 Å². The monoisotopic (exact) mass is 339 g/mol. The highest BCUT2D eigenvalue weighted by Gasteiger charge is 2.22. The van der Waals surface area contributed by atoms with Gasteiger partial charge >= 0.3 is 0 Å². The molecule has 1 saturated heterocycles. The van der Waals surface area contributed by atoms with Gasteiger partial charge in [0.1, 0.15) is 11.5 Å². The van der Waals surface area contributed by atoms with Crippen LogP contribution in [0.15, 0.2) is 30.6 Å². The van der Waals surface area contributed by atoms with Gasteiger partial charge in [-0.25, -0.2) is 9.97 Å². The zero-order valence-corrected chi connectivity index (χ0v) is 14.4. The number of nitrogens with one attached hydrogen (secondary N) is 1. The lowest BCUT2D eigenvalue weighted by Gasteiger charge is -2.32. The summed E-state index contributed by atoms with van der Waals surface area (Å²) in [6.07, 6.45) is 3.87. The van der Waals surface area contributed by atoms with Crippen LogP contribution in [-0.4, -0.2) is 58.3 Å². The minimum absolute atomic E-state index is 0.156. The van der Waals surface area contributed by atoms with E-state index in [1.807, 2.05) is 26.0 Å². The van der Waals surface area contributed by atoms with Crippen molar-refractivity contribution < 1.29 is 9.59 Å². The number of hydrogen-bond donors (Lipinski definition) is 1. The lowest BCUT2D eigenvalue weighted by molar-refractivity contribution is -0.119. The lowest BCUT2D eigenvalue weighted by atomic mass is 10.1. The third kappa shape index (κ3) is 3.93. The average Bonchev–Trinajstić information content (AvgIpc) is 2.65. The first-order valence-electron chi connectivity index (χ1n) is 8.22. The fourth-order valence-electron chi connectivity index (χ4n) is 2.70. The largest absolute Gasteiger partial charge is 0.342 e. The second-order valence-corrected chi connectivity index (χ2v) is 6.16. The van der Waals surface area contributed by atoms with Crippen molar-refractivity contribution >= 4 is 23.8 Å². The molecule has 0 bridgehead atoms. The highest BCUT2D eigenvalue weighted by molar-refractivity contribution is 5.92. The summed E-state index contributed by atoms with van der Waals surface area (Å²) in [6.45, 7) is 6.18. The summed E-state index contributed by atoms with van der Waals surface area (Å²) < 4.78 is 0. The first-order valence-corrected chi connectivity index (χ1v) is 8.22. The van der Waals surface area contributed by atoms with Crippen LogP contribution in [0.5, 0.6) is 0 Å². The number of aromatic nitrogens is 2. The van der Waals surface area contributed by atoms with E-state index in [0.717, 1.165) is 23.2 Å². The normalized spacial score (nSPS) is 14.3. The minimum Gasteiger partial charge on any atom is -0.342 e. The molecule has 1 aliphatic heterocycles. The molecule has 2 aromatic rings. The fourth-order valence-corrected chi connectivity index (χ4v) is 2.70. The maximum atomic E-state index is 12.5. The molecule has 0 atom stereocenters. The molecule has 1 fully saturated rings. The van der Waals surface area contributed by atoms with Gasteiger partial charge in [-0.1, -0.05) is 12.1 Å². The lowest BCUT2D eigenvalue weighted by Crippen LogP contribution is -2.48. The molecule has 0 saturated carbocycles. The van der Waals surface area contributed by atoms with E-state index in [1.165, 1.54) is 6.20 Å². The molecule has 1 aliphatic rings. The number of benzene rings is 1. The van der Waals surface area contributed by atoms with Crippen molar-refractivity contribution in [2.45, 2.75) is 13.8 Å². The summed E-state index contributed by atoms with van der Waals surface area (Å²) in [4.78, 5) is 35.1. The number of carbonyl (C=O) groups excluding carboxylic acids is 2. The van der Waals surface area contributed by atoms with Gasteiger partial charge in [-0.3, -0.25) is 9.59 Å². The zero-order valence-electron chi connectivity index (χ0n) is 14.4. The Hall–Kier alpha value is -2.96. The van der Waals surface area contributed by atoms with Gasteiger partial charge in [-0.15, -0.1) is 0 Å². The molecule has 7 nitrogen and oxygen atoms in total. The van der Waals surface area contributed by atoms with E-state index in [4.69, 9.17) is 0 Å². The number of anilines is 2. The molecule has 0 aliphatic carbocycles. The van der Waals surface area contributed by atoms with Crippen molar-refractivity contribution in [2.24, 2.45) is 0 Å². The molecule has 7 heteroatoms. The van der Waals surface area contributed by atoms with Crippen molar-refractivity contribution in [1.29, 1.82) is 0 Å². The van der Waals surface area contributed by atoms with Crippen LogP contribution in [0.4, 0.5) is 11.5 Å². The van der Waals surface area contributed by atoms with Gasteiger partial charge in [0, 0.05) is 31.9 Å². The van der Waals surface area contributed by atoms with E-state index in [0.29, 0.717) is 37.7 Å². The molecule has 0 spiro atoms. The minimum atomic E-state index is -0.156. The zero-order chi connectivity index (χ0) is 17.8. The van der Waals surface area contributed by atoms with Crippen LogP contribution < -0.4 is 5.32 Å². The van der Waals surface area contributed by atoms with E-state index in [9.17, 15) is 9.59 Å². The van der Waals surface area contributed by atoms with Crippen LogP contribution in [0.25, 0.3) is 0 Å². The Kier molecular flexibility index (Phi) is 4.92. The Morgan fingerprint density at radius 2 is 1.88 bits per heavy atom. The Labute approximate surface area is 146 Å². The summed E-state index contributed by atoms with van der Waals surface area (Å²) >= 11 is 0. The Balaban J connectivity index is 1.67. The topological polar surface area (TPSA) is 78.4 Å². The van der Waals surface area contributed by atoms with Crippen LogP contribution in [-0.2, 0) is 4.79 Å². The Morgan fingerprint density at radius 1 is 1.12 bits per heavy atom. The number of amides is 2. The second kappa shape index (κ2) is 7.29. The highest BCUT2D eigenvalue weighted by atomic mass is 16.2. The van der Waals surface area contributed by atoms with E-state index in [1.54, 1.807) is 16.0 Å². The third-order valence-electron chi connectivity index (χ3n) is 4.28. The van der Waals surface area contributed by atoms with Gasteiger partial charge in [0.2, 0.25) is 6.41 Å². The summed E-state index contributed by atoms with van der Waals surface area (Å²) in [5.74, 6) is 0.437. The van der Waals surface area contributed by atoms with E-state index in [-0.39, 0.29) is 5.91 Å². The molecular weight excluding hydrogens is 318 g/mol. The van der Waals surface area contributed by atoms with Crippen molar-refractivity contribution in [1.82, 2.24) is 19.8 Å². The van der Waals surface area contributed by atoms with Crippen molar-refractivity contribution in [3.63, 3.8) is 0 Å². The van der Waals surface area contributed by atoms with Gasteiger partial charge in [0.05, 0.1) is 12.4 Å². The summed E-state index contributed by atoms with van der Waals surface area (Å²) in [5.41, 5.74) is 3.55. The Morgan fingerprint density at radius 3 is 2.52 bits per heavy atom. The summed E-state index contributed by atoms with van der Waals surface area (Å²) in [5, 5.41) is 3.23. The number of piperazine rings is 1. The standard InChI is InChI=1S/C18H21N5O2/c1-13-3-4-14(2)15(9-13)21-17-11-19-16(10-20-17)18(25)23-7-5-22(12-24)6-8-23/h3-4,9-12H,5-8H2,1-2H3,(H,20,21). The van der Waals surface area contributed by atoms with Crippen LogP contribution >= 0.6 is 0 Å². The third-order valence-corrected chi connectivity index (χ3v) is 4.28. The predicted molar refractivity (Wildman–Crippen MR) is 94.8 cm³/mol. The highest BCUT2D eigenvalue weighted by Crippen LogP contribution is 2.20. The first kappa shape index (κ1) is 16.9. The number of hydrogen-bond acceptors (Lipinski definition) is 5. The molecule has 1 N–H and O–H groups in total. The molecule has 2 heterocycles. The number of nitrogens with zero attached hydrogens (tertiary/aromatic N) is 4. The molecule has 0 radical (unpaired) electrons. The average molecular weight is 339 g/mol. The van der Waals surface area contributed by atoms with E-state index < -0.39 is 0 Å². The van der Waals surface area contributed by atoms with Crippen LogP contribution in [0.1, 0.15) is 21.6 Å². The first-order chi connectivity index (χ1) is 12.1. The predicted octanol–water partition coefficient (Wildman–Crippen LogP) is 1.75. The SMILES string of the molecule is Cc1ccc(C)c(Nc2cnc(C(=O)N3CCN(C=O)CC3)cn2)c1. The van der Waals surface area contributed by atoms with Crippen LogP contribution in [0.2, 0.25) is 0 Å². The van der Waals surface area contributed by atoms with Crippen LogP contribution in [0.3, 0.4) is 0 Å². The molecule has 1 aromatic carbocycles. The van der Waals surface area contributed by atoms with Gasteiger partial charge in [-0.2, -0.15) is 0 Å². The molecule has 1 aromatic heterocycles. The quantitative estimate of drug-likeness (QED) is 0.859. The molecule has 25 heavy (non-hydrogen) atoms. The molecule has 130 valence electrons. The maximum absolute atomic E-state index is 12.5. The molecular formula is C18H21N5O2. The van der Waals surface area contributed by atoms with E-state index >= 15 is 0 Å². The number of rotatable bonds is 4. The Bertz CT molecular complexity index is 768. The number of aryl methyl sites for hydroxylation is 2. The fraction of sp³-hybridized carbons (Fsp3) is 0.333. The van der Waals surface area contributed by atoms with Gasteiger partial charge in [-0.05, 0) is 31.0 Å². The smallest absolute Gasteiger partial charge is 0.274 e. The summed E-state index contributed by atoms with van der Waals surface area (Å²) in [7, 11) is 0. The summed E-state index contributed by atoms with van der Waals surface area (Å²) in [6, 6.07) is 6.14. The van der Waals surface area contributed by atoms with E-state index in [2.05, 4.69) is 21.4 Å². The molecule has 0 unspecified atom stereocenters. The second-order valence-electron chi connectivity index (χ2n) is 6.16. The van der Waals surface area contributed by atoms with Crippen molar-refractivity contribution in [3.8, 4) is 0 Å². The van der Waals surface area contributed by atoms with Crippen LogP contribution in [0, 0.1) is 13.8 Å². The number of carbonyl (C=O) groups is 2. The molecule has 3 rings (SSSR count). The van der Waals surface area contributed by atoms with Gasteiger partial charge in [0.25, 0.3) is 5.91 Å². The van der Waals surface area contributed by atoms with Crippen molar-refractivity contribution in [3.05, 3.63) is 47.4 Å². The maximum Gasteiger partial charge on any atom is 0.274 e. The van der Waals surface area contributed by atoms with Gasteiger partial charge in [0.15, 0.2) is 0 Å².